The second-order valence-electron chi connectivity index (χ2n) is 7.88. The van der Waals surface area contributed by atoms with Crippen molar-refractivity contribution in [2.45, 2.75) is 13.1 Å². The Morgan fingerprint density at radius 2 is 1.56 bits per heavy atom. The number of hydrogen-bond donors (Lipinski definition) is 3. The van der Waals surface area contributed by atoms with E-state index in [-0.39, 0.29) is 34.6 Å². The van der Waals surface area contributed by atoms with Crippen LogP contribution in [-0.2, 0) is 13.1 Å². The third kappa shape index (κ3) is 5.21. The maximum absolute atomic E-state index is 13.1. The van der Waals surface area contributed by atoms with Gasteiger partial charge in [0.05, 0.1) is 30.9 Å². The van der Waals surface area contributed by atoms with Gasteiger partial charge in [-0.3, -0.25) is 14.4 Å². The van der Waals surface area contributed by atoms with Gasteiger partial charge in [0.1, 0.15) is 5.58 Å². The van der Waals surface area contributed by atoms with E-state index in [0.29, 0.717) is 23.4 Å². The second kappa shape index (κ2) is 10.7. The normalized spacial score (nSPS) is 10.6. The zero-order valence-electron chi connectivity index (χ0n) is 19.8. The highest BCUT2D eigenvalue weighted by atomic mass is 16.5. The number of para-hydroxylation sites is 1. The molecule has 0 radical (unpaired) electrons. The van der Waals surface area contributed by atoms with Gasteiger partial charge in [-0.1, -0.05) is 36.4 Å². The van der Waals surface area contributed by atoms with Crippen LogP contribution >= 0.6 is 0 Å². The first-order chi connectivity index (χ1) is 17.4. The molecule has 184 valence electrons. The van der Waals surface area contributed by atoms with E-state index in [4.69, 9.17) is 19.6 Å². The molecule has 1 aromatic heterocycles. The molecule has 0 spiro atoms. The highest BCUT2D eigenvalue weighted by Crippen LogP contribution is 2.33. The molecular weight excluding hydrogens is 462 g/mol. The fourth-order valence-corrected chi connectivity index (χ4v) is 3.64. The number of hydrogen-bond acceptors (Lipinski definition) is 7. The summed E-state index contributed by atoms with van der Waals surface area (Å²) in [4.78, 5) is 38.6. The Balaban J connectivity index is 1.63. The van der Waals surface area contributed by atoms with Crippen molar-refractivity contribution in [3.05, 3.63) is 99.4 Å². The molecule has 2 amide bonds. The number of benzene rings is 3. The summed E-state index contributed by atoms with van der Waals surface area (Å²) < 4.78 is 16.3. The predicted octanol–water partition coefficient (Wildman–Crippen LogP) is 3.45. The van der Waals surface area contributed by atoms with Crippen LogP contribution in [0.25, 0.3) is 11.0 Å². The molecule has 3 aromatic carbocycles. The molecular formula is C27H25N3O6. The van der Waals surface area contributed by atoms with Crippen LogP contribution in [0.5, 0.6) is 11.5 Å². The molecule has 36 heavy (non-hydrogen) atoms. The van der Waals surface area contributed by atoms with E-state index in [9.17, 15) is 14.4 Å². The molecule has 0 aliphatic carbocycles. The quantitative estimate of drug-likeness (QED) is 0.347. The van der Waals surface area contributed by atoms with Crippen LogP contribution in [0, 0.1) is 0 Å². The van der Waals surface area contributed by atoms with Crippen molar-refractivity contribution >= 4 is 28.5 Å². The molecule has 4 N–H and O–H groups in total. The van der Waals surface area contributed by atoms with E-state index in [2.05, 4.69) is 10.6 Å². The number of nitrogens with one attached hydrogen (secondary N) is 2. The molecule has 4 rings (SSSR count). The number of amides is 2. The Bertz CT molecular complexity index is 1480. The maximum Gasteiger partial charge on any atom is 0.291 e. The number of fused-ring (bicyclic) bond motifs is 1. The van der Waals surface area contributed by atoms with Gasteiger partial charge in [-0.15, -0.1) is 0 Å². The van der Waals surface area contributed by atoms with Crippen molar-refractivity contribution in [3.8, 4) is 11.5 Å². The summed E-state index contributed by atoms with van der Waals surface area (Å²) in [6.45, 7) is 0.684. The maximum atomic E-state index is 13.1. The number of methoxy groups -OCH3 is 2. The smallest absolute Gasteiger partial charge is 0.291 e. The van der Waals surface area contributed by atoms with Crippen molar-refractivity contribution in [1.29, 1.82) is 0 Å². The third-order valence-electron chi connectivity index (χ3n) is 5.59. The van der Waals surface area contributed by atoms with Crippen LogP contribution in [0.15, 0.2) is 75.9 Å². The minimum atomic E-state index is -0.698. The van der Waals surface area contributed by atoms with Crippen LogP contribution in [0.4, 0.5) is 5.69 Å². The lowest BCUT2D eigenvalue weighted by molar-refractivity contribution is 0.0951. The topological polar surface area (TPSA) is 133 Å². The van der Waals surface area contributed by atoms with Gasteiger partial charge in [-0.05, 0) is 29.3 Å². The van der Waals surface area contributed by atoms with E-state index in [1.807, 2.05) is 24.3 Å². The first-order valence-electron chi connectivity index (χ1n) is 11.1. The highest BCUT2D eigenvalue weighted by molar-refractivity contribution is 6.08. The molecule has 0 unspecified atom stereocenters. The average molecular weight is 488 g/mol. The highest BCUT2D eigenvalue weighted by Gasteiger charge is 2.21. The summed E-state index contributed by atoms with van der Waals surface area (Å²) in [6.07, 6.45) is 0. The summed E-state index contributed by atoms with van der Waals surface area (Å²) in [7, 11) is 2.89. The third-order valence-corrected chi connectivity index (χ3v) is 5.59. The number of carbonyl (C=O) groups is 2. The number of carbonyl (C=O) groups excluding carboxylic acids is 2. The minimum Gasteiger partial charge on any atom is -0.493 e. The van der Waals surface area contributed by atoms with Crippen molar-refractivity contribution in [2.75, 3.05) is 19.5 Å². The van der Waals surface area contributed by atoms with E-state index in [1.165, 1.54) is 26.4 Å². The van der Waals surface area contributed by atoms with Crippen LogP contribution < -0.4 is 31.3 Å². The van der Waals surface area contributed by atoms with Crippen molar-refractivity contribution in [1.82, 2.24) is 5.32 Å². The Labute approximate surface area is 206 Å². The van der Waals surface area contributed by atoms with Gasteiger partial charge in [0, 0.05) is 25.2 Å². The first kappa shape index (κ1) is 24.5. The fraction of sp³-hybridized carbons (Fsp3) is 0.148. The van der Waals surface area contributed by atoms with Gasteiger partial charge in [0.2, 0.25) is 0 Å². The zero-order valence-corrected chi connectivity index (χ0v) is 19.8. The van der Waals surface area contributed by atoms with E-state index >= 15 is 0 Å². The van der Waals surface area contributed by atoms with Crippen LogP contribution in [-0.4, -0.2) is 26.0 Å². The number of anilines is 1. The fourth-order valence-electron chi connectivity index (χ4n) is 3.64. The van der Waals surface area contributed by atoms with Gasteiger partial charge in [0.25, 0.3) is 11.8 Å². The molecule has 4 aromatic rings. The van der Waals surface area contributed by atoms with Gasteiger partial charge in [-0.25, -0.2) is 0 Å². The molecule has 0 bridgehead atoms. The number of nitrogens with two attached hydrogens (primary N) is 1. The largest absolute Gasteiger partial charge is 0.493 e. The Morgan fingerprint density at radius 1 is 0.889 bits per heavy atom. The lowest BCUT2D eigenvalue weighted by Crippen LogP contribution is -2.25. The van der Waals surface area contributed by atoms with E-state index < -0.39 is 11.8 Å². The monoisotopic (exact) mass is 487 g/mol. The summed E-state index contributed by atoms with van der Waals surface area (Å²) in [5.74, 6) is -0.725. The Kier molecular flexibility index (Phi) is 7.31. The summed E-state index contributed by atoms with van der Waals surface area (Å²) in [5.41, 5.74) is 7.72. The predicted molar refractivity (Wildman–Crippen MR) is 135 cm³/mol. The number of ether oxygens (including phenoxy) is 2. The van der Waals surface area contributed by atoms with Gasteiger partial charge < -0.3 is 30.3 Å². The van der Waals surface area contributed by atoms with Crippen LogP contribution in [0.1, 0.15) is 32.0 Å². The van der Waals surface area contributed by atoms with Crippen molar-refractivity contribution < 1.29 is 23.5 Å². The zero-order chi connectivity index (χ0) is 25.7. The Morgan fingerprint density at radius 3 is 2.25 bits per heavy atom. The molecule has 0 aliphatic heterocycles. The summed E-state index contributed by atoms with van der Waals surface area (Å²) in [6, 6.07) is 18.2. The lowest BCUT2D eigenvalue weighted by atomic mass is 10.1. The molecule has 0 aliphatic rings. The summed E-state index contributed by atoms with van der Waals surface area (Å²) in [5, 5.41) is 5.85. The molecule has 0 saturated heterocycles. The van der Waals surface area contributed by atoms with Crippen molar-refractivity contribution in [3.63, 3.8) is 0 Å². The van der Waals surface area contributed by atoms with Crippen LogP contribution in [0.3, 0.4) is 0 Å². The molecule has 1 heterocycles. The van der Waals surface area contributed by atoms with E-state index in [1.54, 1.807) is 24.3 Å². The van der Waals surface area contributed by atoms with Crippen molar-refractivity contribution in [2.24, 2.45) is 5.73 Å². The Hall–Kier alpha value is -4.63. The SMILES string of the molecule is COc1cc(NC(=O)c2cc(=O)c3ccccc3o2)c(C(=O)NCc2ccc(CN)cc2)cc1OC. The standard InChI is InChI=1S/C27H25N3O6/c1-34-23-11-19(26(32)29-15-17-9-7-16(14-28)8-10-17)20(12-24(23)35-2)30-27(33)25-13-21(31)18-5-3-4-6-22(18)36-25/h3-13H,14-15,28H2,1-2H3,(H,29,32)(H,30,33). The molecule has 0 saturated carbocycles. The molecule has 0 atom stereocenters. The second-order valence-corrected chi connectivity index (χ2v) is 7.88. The van der Waals surface area contributed by atoms with Gasteiger partial charge >= 0.3 is 0 Å². The first-order valence-corrected chi connectivity index (χ1v) is 11.1. The average Bonchev–Trinajstić information content (AvgIpc) is 2.91. The molecule has 9 nitrogen and oxygen atoms in total. The molecule has 0 fully saturated rings. The lowest BCUT2D eigenvalue weighted by Gasteiger charge is -2.16. The van der Waals surface area contributed by atoms with Gasteiger partial charge in [-0.2, -0.15) is 0 Å². The molecule has 9 heteroatoms. The minimum absolute atomic E-state index is 0.141. The summed E-state index contributed by atoms with van der Waals surface area (Å²) >= 11 is 0. The van der Waals surface area contributed by atoms with Crippen LogP contribution in [0.2, 0.25) is 0 Å². The van der Waals surface area contributed by atoms with Gasteiger partial charge in [0.15, 0.2) is 22.7 Å². The number of rotatable bonds is 8. The van der Waals surface area contributed by atoms with E-state index in [0.717, 1.165) is 17.2 Å².